The van der Waals surface area contributed by atoms with Gasteiger partial charge in [0.05, 0.1) is 6.61 Å². The number of aliphatic hydroxyl groups excluding tert-OH is 1. The summed E-state index contributed by atoms with van der Waals surface area (Å²) in [6.45, 7) is 6.42. The Hall–Kier alpha value is -1.09. The van der Waals surface area contributed by atoms with Gasteiger partial charge in [0.2, 0.25) is 0 Å². The van der Waals surface area contributed by atoms with Crippen LogP contribution in [-0.4, -0.2) is 23.2 Å². The van der Waals surface area contributed by atoms with Gasteiger partial charge in [0.15, 0.2) is 0 Å². The Morgan fingerprint density at radius 3 is 2.75 bits per heavy atom. The predicted octanol–water partition coefficient (Wildman–Crippen LogP) is 2.51. The van der Waals surface area contributed by atoms with Crippen molar-refractivity contribution < 1.29 is 5.11 Å². The van der Waals surface area contributed by atoms with Crippen molar-refractivity contribution in [3.8, 4) is 0 Å². The largest absolute Gasteiger partial charge is 0.392 e. The van der Waals surface area contributed by atoms with E-state index in [9.17, 15) is 5.11 Å². The first kappa shape index (κ1) is 13.0. The second-order valence-corrected chi connectivity index (χ2v) is 4.36. The number of nitrogens with zero attached hydrogens (tertiary/aromatic N) is 2. The number of aliphatic hydroxyl groups is 1. The van der Waals surface area contributed by atoms with Crippen LogP contribution in [0.1, 0.15) is 37.9 Å². The van der Waals surface area contributed by atoms with Gasteiger partial charge in [-0.25, -0.2) is 0 Å². The third-order valence-electron chi connectivity index (χ3n) is 3.02. The van der Waals surface area contributed by atoms with Gasteiger partial charge in [0.1, 0.15) is 0 Å². The maximum absolute atomic E-state index is 9.30. The highest BCUT2D eigenvalue weighted by Gasteiger charge is 2.13. The zero-order valence-corrected chi connectivity index (χ0v) is 10.7. The molecule has 1 unspecified atom stereocenters. The number of aromatic nitrogens is 1. The maximum atomic E-state index is 9.30. The van der Waals surface area contributed by atoms with Crippen LogP contribution < -0.4 is 4.90 Å². The zero-order valence-electron chi connectivity index (χ0n) is 10.7. The summed E-state index contributed by atoms with van der Waals surface area (Å²) in [6.07, 6.45) is 4.09. The standard InChI is InChI=1S/C13H22N2O/c1-5-6-11(3)15(4)13-7-10(2)14-8-12(13)9-16/h7-8,11,16H,5-6,9H2,1-4H3. The van der Waals surface area contributed by atoms with E-state index in [0.29, 0.717) is 6.04 Å². The van der Waals surface area contributed by atoms with Gasteiger partial charge < -0.3 is 10.0 Å². The average molecular weight is 222 g/mol. The molecule has 0 fully saturated rings. The van der Waals surface area contributed by atoms with Crippen LogP contribution in [0.4, 0.5) is 5.69 Å². The van der Waals surface area contributed by atoms with Crippen LogP contribution in [0.3, 0.4) is 0 Å². The summed E-state index contributed by atoms with van der Waals surface area (Å²) in [7, 11) is 2.08. The fraction of sp³-hybridized carbons (Fsp3) is 0.615. The highest BCUT2D eigenvalue weighted by atomic mass is 16.3. The summed E-state index contributed by atoms with van der Waals surface area (Å²) in [5.74, 6) is 0. The molecule has 1 aromatic heterocycles. The molecule has 16 heavy (non-hydrogen) atoms. The van der Waals surface area contributed by atoms with Crippen molar-refractivity contribution in [2.75, 3.05) is 11.9 Å². The van der Waals surface area contributed by atoms with Crippen molar-refractivity contribution in [2.45, 2.75) is 46.3 Å². The molecule has 1 heterocycles. The Morgan fingerprint density at radius 1 is 1.50 bits per heavy atom. The molecule has 0 aliphatic heterocycles. The number of pyridine rings is 1. The highest BCUT2D eigenvalue weighted by Crippen LogP contribution is 2.22. The first-order valence-corrected chi connectivity index (χ1v) is 5.89. The average Bonchev–Trinajstić information content (AvgIpc) is 2.28. The van der Waals surface area contributed by atoms with Gasteiger partial charge in [0.25, 0.3) is 0 Å². The van der Waals surface area contributed by atoms with Crippen LogP contribution in [0, 0.1) is 6.92 Å². The molecule has 90 valence electrons. The van der Waals surface area contributed by atoms with Crippen LogP contribution in [0.15, 0.2) is 12.3 Å². The van der Waals surface area contributed by atoms with Gasteiger partial charge in [-0.1, -0.05) is 13.3 Å². The van der Waals surface area contributed by atoms with E-state index in [1.807, 2.05) is 13.0 Å². The Bertz CT molecular complexity index is 339. The molecule has 3 nitrogen and oxygen atoms in total. The summed E-state index contributed by atoms with van der Waals surface area (Å²) in [6, 6.07) is 2.52. The number of hydrogen-bond donors (Lipinski definition) is 1. The monoisotopic (exact) mass is 222 g/mol. The SMILES string of the molecule is CCCC(C)N(C)c1cc(C)ncc1CO. The molecule has 0 bridgehead atoms. The minimum Gasteiger partial charge on any atom is -0.392 e. The second kappa shape index (κ2) is 5.85. The minimum absolute atomic E-state index is 0.0474. The fourth-order valence-corrected chi connectivity index (χ4v) is 1.87. The van der Waals surface area contributed by atoms with E-state index in [1.54, 1.807) is 6.20 Å². The summed E-state index contributed by atoms with van der Waals surface area (Å²) >= 11 is 0. The molecular formula is C13H22N2O. The molecule has 3 heteroatoms. The molecule has 1 rings (SSSR count). The molecule has 0 saturated heterocycles. The van der Waals surface area contributed by atoms with Crippen LogP contribution >= 0.6 is 0 Å². The zero-order chi connectivity index (χ0) is 12.1. The molecule has 0 aromatic carbocycles. The lowest BCUT2D eigenvalue weighted by molar-refractivity contribution is 0.281. The molecular weight excluding hydrogens is 200 g/mol. The molecule has 0 saturated carbocycles. The first-order valence-electron chi connectivity index (χ1n) is 5.89. The molecule has 0 aliphatic carbocycles. The number of anilines is 1. The Morgan fingerprint density at radius 2 is 2.19 bits per heavy atom. The van der Waals surface area contributed by atoms with Gasteiger partial charge in [-0.2, -0.15) is 0 Å². The third-order valence-corrected chi connectivity index (χ3v) is 3.02. The topological polar surface area (TPSA) is 36.4 Å². The minimum atomic E-state index is 0.0474. The summed E-state index contributed by atoms with van der Waals surface area (Å²) in [4.78, 5) is 6.44. The van der Waals surface area contributed by atoms with Crippen molar-refractivity contribution in [1.82, 2.24) is 4.98 Å². The summed E-state index contributed by atoms with van der Waals surface area (Å²) in [5.41, 5.74) is 2.98. The molecule has 1 N–H and O–H groups in total. The summed E-state index contributed by atoms with van der Waals surface area (Å²) < 4.78 is 0. The third kappa shape index (κ3) is 2.95. The second-order valence-electron chi connectivity index (χ2n) is 4.36. The highest BCUT2D eigenvalue weighted by molar-refractivity contribution is 5.53. The number of aryl methyl sites for hydroxylation is 1. The van der Waals surface area contributed by atoms with E-state index in [4.69, 9.17) is 0 Å². The lowest BCUT2D eigenvalue weighted by Gasteiger charge is -2.28. The lowest BCUT2D eigenvalue weighted by atomic mass is 10.1. The van der Waals surface area contributed by atoms with Gasteiger partial charge in [-0.05, 0) is 26.3 Å². The van der Waals surface area contributed by atoms with E-state index >= 15 is 0 Å². The van der Waals surface area contributed by atoms with Crippen molar-refractivity contribution in [1.29, 1.82) is 0 Å². The molecule has 0 aliphatic rings. The van der Waals surface area contributed by atoms with Crippen molar-refractivity contribution in [2.24, 2.45) is 0 Å². The van der Waals surface area contributed by atoms with Crippen LogP contribution in [-0.2, 0) is 6.61 Å². The van der Waals surface area contributed by atoms with E-state index in [-0.39, 0.29) is 6.61 Å². The van der Waals surface area contributed by atoms with Crippen LogP contribution in [0.25, 0.3) is 0 Å². The lowest BCUT2D eigenvalue weighted by Crippen LogP contribution is -2.29. The normalized spacial score (nSPS) is 12.6. The van der Waals surface area contributed by atoms with E-state index in [2.05, 4.69) is 30.8 Å². The van der Waals surface area contributed by atoms with E-state index in [1.165, 1.54) is 6.42 Å². The maximum Gasteiger partial charge on any atom is 0.0717 e. The number of hydrogen-bond acceptors (Lipinski definition) is 3. The van der Waals surface area contributed by atoms with Gasteiger partial charge in [-0.15, -0.1) is 0 Å². The molecule has 0 radical (unpaired) electrons. The Balaban J connectivity index is 2.96. The number of rotatable bonds is 5. The predicted molar refractivity (Wildman–Crippen MR) is 67.7 cm³/mol. The van der Waals surface area contributed by atoms with Crippen molar-refractivity contribution in [3.63, 3.8) is 0 Å². The Kier molecular flexibility index (Phi) is 4.74. The van der Waals surface area contributed by atoms with Gasteiger partial charge >= 0.3 is 0 Å². The molecule has 1 atom stereocenters. The van der Waals surface area contributed by atoms with Crippen molar-refractivity contribution in [3.05, 3.63) is 23.5 Å². The quantitative estimate of drug-likeness (QED) is 0.831. The van der Waals surface area contributed by atoms with Crippen LogP contribution in [0.2, 0.25) is 0 Å². The fourth-order valence-electron chi connectivity index (χ4n) is 1.87. The molecule has 0 amide bonds. The summed E-state index contributed by atoms with van der Waals surface area (Å²) in [5, 5.41) is 9.30. The Labute approximate surface area is 98.1 Å². The smallest absolute Gasteiger partial charge is 0.0717 e. The van der Waals surface area contributed by atoms with Gasteiger partial charge in [0, 0.05) is 36.2 Å². The van der Waals surface area contributed by atoms with E-state index < -0.39 is 0 Å². The van der Waals surface area contributed by atoms with E-state index in [0.717, 1.165) is 23.4 Å². The van der Waals surface area contributed by atoms with Crippen LogP contribution in [0.5, 0.6) is 0 Å². The molecule has 0 spiro atoms. The molecule has 1 aromatic rings. The van der Waals surface area contributed by atoms with Gasteiger partial charge in [-0.3, -0.25) is 4.98 Å². The van der Waals surface area contributed by atoms with Crippen molar-refractivity contribution >= 4 is 5.69 Å². The first-order chi connectivity index (χ1) is 7.60.